The molecular formula is C35H37Cl2N3O4S. The summed E-state index contributed by atoms with van der Waals surface area (Å²) in [6, 6.07) is 28.3. The van der Waals surface area contributed by atoms with Crippen molar-refractivity contribution in [2.75, 3.05) is 10.8 Å². The zero-order valence-corrected chi connectivity index (χ0v) is 27.8. The third kappa shape index (κ3) is 8.87. The van der Waals surface area contributed by atoms with E-state index in [4.69, 9.17) is 23.2 Å². The van der Waals surface area contributed by atoms with Crippen LogP contribution in [0, 0.1) is 0 Å². The Labute approximate surface area is 275 Å². The van der Waals surface area contributed by atoms with E-state index in [2.05, 4.69) is 5.32 Å². The Bertz CT molecular complexity index is 1700. The molecule has 1 atom stereocenters. The molecular weight excluding hydrogens is 629 g/mol. The van der Waals surface area contributed by atoms with E-state index in [1.165, 1.54) is 17.0 Å². The highest BCUT2D eigenvalue weighted by atomic mass is 35.5. The molecule has 4 aromatic rings. The summed E-state index contributed by atoms with van der Waals surface area (Å²) < 4.78 is 29.2. The summed E-state index contributed by atoms with van der Waals surface area (Å²) in [7, 11) is -4.16. The minimum atomic E-state index is -4.16. The number of nitrogens with one attached hydrogen (secondary N) is 1. The van der Waals surface area contributed by atoms with Gasteiger partial charge in [0, 0.05) is 19.0 Å². The molecule has 0 aromatic heterocycles. The number of benzene rings is 4. The molecule has 0 saturated heterocycles. The van der Waals surface area contributed by atoms with Crippen molar-refractivity contribution in [2.45, 2.75) is 57.1 Å². The van der Waals surface area contributed by atoms with Crippen LogP contribution in [0.25, 0.3) is 0 Å². The number of nitrogens with zero attached hydrogens (tertiary/aromatic N) is 2. The molecule has 10 heteroatoms. The second kappa shape index (κ2) is 15.4. The van der Waals surface area contributed by atoms with E-state index in [1.54, 1.807) is 48.5 Å². The van der Waals surface area contributed by atoms with Crippen molar-refractivity contribution in [3.8, 4) is 0 Å². The molecule has 0 spiro atoms. The van der Waals surface area contributed by atoms with Crippen LogP contribution in [0.2, 0.25) is 10.0 Å². The van der Waals surface area contributed by atoms with Gasteiger partial charge >= 0.3 is 0 Å². The highest BCUT2D eigenvalue weighted by Gasteiger charge is 2.34. The van der Waals surface area contributed by atoms with Crippen molar-refractivity contribution < 1.29 is 18.0 Å². The number of amides is 2. The maximum atomic E-state index is 14.5. The molecule has 0 fully saturated rings. The number of sulfonamides is 1. The molecule has 4 aromatic carbocycles. The number of rotatable bonds is 13. The van der Waals surface area contributed by atoms with Gasteiger partial charge in [-0.15, -0.1) is 0 Å². The number of hydrogen-bond acceptors (Lipinski definition) is 4. The van der Waals surface area contributed by atoms with Gasteiger partial charge in [-0.3, -0.25) is 13.9 Å². The zero-order valence-electron chi connectivity index (χ0n) is 25.5. The van der Waals surface area contributed by atoms with Crippen LogP contribution in [-0.2, 0) is 39.0 Å². The quantitative estimate of drug-likeness (QED) is 0.168. The fraction of sp³-hybridized carbons (Fsp3) is 0.257. The summed E-state index contributed by atoms with van der Waals surface area (Å²) in [4.78, 5) is 29.7. The third-order valence-corrected chi connectivity index (χ3v) is 9.81. The van der Waals surface area contributed by atoms with Crippen molar-refractivity contribution in [3.05, 3.63) is 130 Å². The first-order valence-electron chi connectivity index (χ1n) is 14.7. The second-order valence-electron chi connectivity index (χ2n) is 11.0. The first-order chi connectivity index (χ1) is 21.5. The summed E-state index contributed by atoms with van der Waals surface area (Å²) in [6.07, 6.45) is 0.983. The molecule has 236 valence electrons. The Kier molecular flexibility index (Phi) is 11.7. The lowest BCUT2D eigenvalue weighted by atomic mass is 10.0. The van der Waals surface area contributed by atoms with Gasteiger partial charge < -0.3 is 10.2 Å². The first-order valence-corrected chi connectivity index (χ1v) is 16.9. The summed E-state index contributed by atoms with van der Waals surface area (Å²) in [5, 5.41) is 3.60. The topological polar surface area (TPSA) is 86.8 Å². The van der Waals surface area contributed by atoms with Crippen LogP contribution < -0.4 is 9.62 Å². The van der Waals surface area contributed by atoms with Gasteiger partial charge in [-0.25, -0.2) is 8.42 Å². The standard InChI is InChI=1S/C35H37Cl2N3O4S/c1-4-26-15-18-29(19-16-26)40(45(43,44)30-13-9-6-10-14-30)24-34(41)39(23-28-17-20-31(36)32(37)21-28)33(35(42)38-25(2)3)22-27-11-7-5-8-12-27/h5-21,25,33H,4,22-24H2,1-3H3,(H,38,42)/t33-/m0/s1. The maximum absolute atomic E-state index is 14.5. The van der Waals surface area contributed by atoms with Crippen molar-refractivity contribution in [3.63, 3.8) is 0 Å². The Balaban J connectivity index is 1.81. The number of halogens is 2. The lowest BCUT2D eigenvalue weighted by molar-refractivity contribution is -0.140. The van der Waals surface area contributed by atoms with Crippen molar-refractivity contribution in [1.29, 1.82) is 0 Å². The first kappa shape index (κ1) is 34.0. The van der Waals surface area contributed by atoms with Gasteiger partial charge in [-0.1, -0.05) is 96.9 Å². The van der Waals surface area contributed by atoms with Crippen molar-refractivity contribution in [1.82, 2.24) is 10.2 Å². The Morgan fingerprint density at radius 1 is 0.778 bits per heavy atom. The number of anilines is 1. The Hall–Kier alpha value is -3.85. The molecule has 0 radical (unpaired) electrons. The molecule has 0 saturated carbocycles. The minimum Gasteiger partial charge on any atom is -0.352 e. The van der Waals surface area contributed by atoms with E-state index >= 15 is 0 Å². The lowest BCUT2D eigenvalue weighted by Crippen LogP contribution is -2.54. The molecule has 4 rings (SSSR count). The summed E-state index contributed by atoms with van der Waals surface area (Å²) in [6.45, 7) is 5.15. The SMILES string of the molecule is CCc1ccc(N(CC(=O)N(Cc2ccc(Cl)c(Cl)c2)[C@@H](Cc2ccccc2)C(=O)NC(C)C)S(=O)(=O)c2ccccc2)cc1. The van der Waals surface area contributed by atoms with Gasteiger partial charge in [0.1, 0.15) is 12.6 Å². The van der Waals surface area contributed by atoms with Gasteiger partial charge in [0.15, 0.2) is 0 Å². The monoisotopic (exact) mass is 665 g/mol. The third-order valence-electron chi connectivity index (χ3n) is 7.28. The molecule has 2 amide bonds. The molecule has 7 nitrogen and oxygen atoms in total. The average molecular weight is 667 g/mol. The Morgan fingerprint density at radius 2 is 1.38 bits per heavy atom. The van der Waals surface area contributed by atoms with Crippen LogP contribution in [0.3, 0.4) is 0 Å². The molecule has 45 heavy (non-hydrogen) atoms. The summed E-state index contributed by atoms with van der Waals surface area (Å²) >= 11 is 12.5. The van der Waals surface area contributed by atoms with Crippen LogP contribution in [-0.4, -0.2) is 43.8 Å². The molecule has 0 aliphatic carbocycles. The fourth-order valence-electron chi connectivity index (χ4n) is 4.92. The van der Waals surface area contributed by atoms with Gasteiger partial charge in [-0.05, 0) is 73.4 Å². The predicted molar refractivity (Wildman–Crippen MR) is 181 cm³/mol. The normalized spacial score (nSPS) is 12.0. The van der Waals surface area contributed by atoms with E-state index in [9.17, 15) is 18.0 Å². The van der Waals surface area contributed by atoms with Crippen LogP contribution in [0.5, 0.6) is 0 Å². The Morgan fingerprint density at radius 3 is 1.96 bits per heavy atom. The maximum Gasteiger partial charge on any atom is 0.264 e. The van der Waals surface area contributed by atoms with E-state index in [-0.39, 0.29) is 29.8 Å². The number of carbonyl (C=O) groups excluding carboxylic acids is 2. The summed E-state index contributed by atoms with van der Waals surface area (Å²) in [5.41, 5.74) is 2.84. The van der Waals surface area contributed by atoms with E-state index in [1.807, 2.05) is 63.2 Å². The van der Waals surface area contributed by atoms with Crippen LogP contribution in [0.4, 0.5) is 5.69 Å². The number of aryl methyl sites for hydroxylation is 1. The molecule has 0 unspecified atom stereocenters. The average Bonchev–Trinajstić information content (AvgIpc) is 3.03. The fourth-order valence-corrected chi connectivity index (χ4v) is 6.67. The van der Waals surface area contributed by atoms with Gasteiger partial charge in [-0.2, -0.15) is 0 Å². The van der Waals surface area contributed by atoms with Crippen molar-refractivity contribution in [2.24, 2.45) is 0 Å². The lowest BCUT2D eigenvalue weighted by Gasteiger charge is -2.34. The van der Waals surface area contributed by atoms with Crippen molar-refractivity contribution >= 4 is 50.7 Å². The molecule has 0 aliphatic rings. The van der Waals surface area contributed by atoms with Crippen LogP contribution >= 0.6 is 23.2 Å². The second-order valence-corrected chi connectivity index (χ2v) is 13.7. The summed E-state index contributed by atoms with van der Waals surface area (Å²) in [5.74, 6) is -0.910. The molecule has 0 bridgehead atoms. The van der Waals surface area contributed by atoms with E-state index < -0.39 is 28.5 Å². The highest BCUT2D eigenvalue weighted by molar-refractivity contribution is 7.92. The van der Waals surface area contributed by atoms with E-state index in [0.717, 1.165) is 21.9 Å². The van der Waals surface area contributed by atoms with Gasteiger partial charge in [0.05, 0.1) is 20.6 Å². The highest BCUT2D eigenvalue weighted by Crippen LogP contribution is 2.27. The van der Waals surface area contributed by atoms with Gasteiger partial charge in [0.25, 0.3) is 10.0 Å². The largest absolute Gasteiger partial charge is 0.352 e. The zero-order chi connectivity index (χ0) is 32.6. The van der Waals surface area contributed by atoms with Crippen LogP contribution in [0.1, 0.15) is 37.5 Å². The van der Waals surface area contributed by atoms with Gasteiger partial charge in [0.2, 0.25) is 11.8 Å². The minimum absolute atomic E-state index is 0.00721. The predicted octanol–water partition coefficient (Wildman–Crippen LogP) is 6.92. The number of carbonyl (C=O) groups is 2. The number of hydrogen-bond donors (Lipinski definition) is 1. The molecule has 0 aliphatic heterocycles. The van der Waals surface area contributed by atoms with Crippen LogP contribution in [0.15, 0.2) is 108 Å². The molecule has 1 N–H and O–H groups in total. The molecule has 0 heterocycles. The van der Waals surface area contributed by atoms with E-state index in [0.29, 0.717) is 21.3 Å². The smallest absolute Gasteiger partial charge is 0.264 e.